The van der Waals surface area contributed by atoms with Crippen LogP contribution in [0.3, 0.4) is 0 Å². The molecule has 6 nitrogen and oxygen atoms in total. The number of methoxy groups -OCH3 is 2. The summed E-state index contributed by atoms with van der Waals surface area (Å²) in [6, 6.07) is 5.80. The zero-order valence-electron chi connectivity index (χ0n) is 15.7. The number of ether oxygens (including phenoxy) is 2. The number of nitrogens with one attached hydrogen (secondary N) is 1. The summed E-state index contributed by atoms with van der Waals surface area (Å²) in [6.45, 7) is 4.61. The molecule has 0 fully saturated rings. The first-order valence-electron chi connectivity index (χ1n) is 8.43. The zero-order chi connectivity index (χ0) is 18.4. The summed E-state index contributed by atoms with van der Waals surface area (Å²) in [4.78, 5) is 12.1. The Labute approximate surface area is 149 Å². The molecule has 0 unspecified atom stereocenters. The molecule has 2 rings (SSSR count). The molecule has 0 atom stereocenters. The summed E-state index contributed by atoms with van der Waals surface area (Å²) in [7, 11) is 5.16. The summed E-state index contributed by atoms with van der Waals surface area (Å²) in [5.41, 5.74) is 4.38. The number of carbonyl (C=O) groups is 1. The van der Waals surface area contributed by atoms with Crippen molar-refractivity contribution in [2.24, 2.45) is 7.05 Å². The van der Waals surface area contributed by atoms with Gasteiger partial charge in [-0.05, 0) is 49.9 Å². The minimum absolute atomic E-state index is 0.0585. The highest BCUT2D eigenvalue weighted by atomic mass is 16.5. The van der Waals surface area contributed by atoms with Crippen molar-refractivity contribution in [3.05, 3.63) is 40.7 Å². The maximum Gasteiger partial charge on any atom is 0.220 e. The lowest BCUT2D eigenvalue weighted by atomic mass is 10.1. The summed E-state index contributed by atoms with van der Waals surface area (Å²) >= 11 is 0. The van der Waals surface area contributed by atoms with Gasteiger partial charge in [-0.3, -0.25) is 9.48 Å². The van der Waals surface area contributed by atoms with Gasteiger partial charge >= 0.3 is 0 Å². The Kier molecular flexibility index (Phi) is 6.44. The van der Waals surface area contributed by atoms with Gasteiger partial charge in [0.1, 0.15) is 0 Å². The highest BCUT2D eigenvalue weighted by Gasteiger charge is 2.11. The molecule has 0 aliphatic heterocycles. The lowest BCUT2D eigenvalue weighted by molar-refractivity contribution is -0.121. The number of aromatic nitrogens is 2. The molecule has 0 saturated heterocycles. The number of carbonyl (C=O) groups excluding carboxylic acids is 1. The van der Waals surface area contributed by atoms with Crippen LogP contribution in [0.1, 0.15) is 28.9 Å². The van der Waals surface area contributed by atoms with Crippen LogP contribution in [-0.4, -0.2) is 36.5 Å². The first-order valence-corrected chi connectivity index (χ1v) is 8.43. The molecule has 1 aromatic carbocycles. The van der Waals surface area contributed by atoms with E-state index >= 15 is 0 Å². The Morgan fingerprint density at radius 1 is 1.16 bits per heavy atom. The molecule has 0 spiro atoms. The van der Waals surface area contributed by atoms with Gasteiger partial charge in [0, 0.05) is 25.7 Å². The molecule has 0 aliphatic rings. The van der Waals surface area contributed by atoms with Gasteiger partial charge in [0.05, 0.1) is 19.9 Å². The monoisotopic (exact) mass is 345 g/mol. The molecule has 1 N–H and O–H groups in total. The van der Waals surface area contributed by atoms with Crippen LogP contribution < -0.4 is 14.8 Å². The number of nitrogens with zero attached hydrogens (tertiary/aromatic N) is 2. The Hall–Kier alpha value is -2.50. The smallest absolute Gasteiger partial charge is 0.220 e. The quantitative estimate of drug-likeness (QED) is 0.798. The van der Waals surface area contributed by atoms with Gasteiger partial charge in [0.2, 0.25) is 5.91 Å². The van der Waals surface area contributed by atoms with E-state index < -0.39 is 0 Å². The maximum absolute atomic E-state index is 12.1. The summed E-state index contributed by atoms with van der Waals surface area (Å²) in [5.74, 6) is 1.47. The van der Waals surface area contributed by atoms with Crippen molar-refractivity contribution in [1.82, 2.24) is 15.1 Å². The van der Waals surface area contributed by atoms with Gasteiger partial charge in [0.25, 0.3) is 0 Å². The van der Waals surface area contributed by atoms with E-state index in [1.807, 2.05) is 43.8 Å². The normalized spacial score (nSPS) is 10.6. The van der Waals surface area contributed by atoms with E-state index in [0.29, 0.717) is 30.9 Å². The standard InChI is InChI=1S/C19H27N3O3/c1-13-16(14(2)22(3)21-13)7-9-19(23)20-11-10-15-6-8-17(24-4)18(12-15)25-5/h6,8,12H,7,9-11H2,1-5H3,(H,20,23). The summed E-state index contributed by atoms with van der Waals surface area (Å²) in [6.07, 6.45) is 1.93. The van der Waals surface area contributed by atoms with Crippen LogP contribution in [0.2, 0.25) is 0 Å². The molecular weight excluding hydrogens is 318 g/mol. The molecule has 25 heavy (non-hydrogen) atoms. The maximum atomic E-state index is 12.1. The van der Waals surface area contributed by atoms with Crippen LogP contribution in [-0.2, 0) is 24.7 Å². The van der Waals surface area contributed by atoms with Crippen molar-refractivity contribution in [1.29, 1.82) is 0 Å². The number of benzene rings is 1. The van der Waals surface area contributed by atoms with Gasteiger partial charge in [0.15, 0.2) is 11.5 Å². The average Bonchev–Trinajstić information content (AvgIpc) is 2.85. The molecule has 2 aromatic rings. The molecule has 1 amide bonds. The second kappa shape index (κ2) is 8.55. The SMILES string of the molecule is COc1ccc(CCNC(=O)CCc2c(C)nn(C)c2C)cc1OC. The Bertz CT molecular complexity index is 738. The average molecular weight is 345 g/mol. The second-order valence-corrected chi connectivity index (χ2v) is 6.06. The van der Waals surface area contributed by atoms with Gasteiger partial charge in [-0.15, -0.1) is 0 Å². The Balaban J connectivity index is 1.80. The number of rotatable bonds is 8. The topological polar surface area (TPSA) is 65.4 Å². The van der Waals surface area contributed by atoms with Crippen LogP contribution in [0.5, 0.6) is 11.5 Å². The van der Waals surface area contributed by atoms with E-state index in [4.69, 9.17) is 9.47 Å². The van der Waals surface area contributed by atoms with Crippen LogP contribution in [0.15, 0.2) is 18.2 Å². The van der Waals surface area contributed by atoms with Crippen molar-refractivity contribution in [2.75, 3.05) is 20.8 Å². The molecule has 136 valence electrons. The number of amides is 1. The minimum Gasteiger partial charge on any atom is -0.493 e. The molecule has 0 saturated carbocycles. The lowest BCUT2D eigenvalue weighted by Gasteiger charge is -2.10. The zero-order valence-corrected chi connectivity index (χ0v) is 15.7. The molecular formula is C19H27N3O3. The van der Waals surface area contributed by atoms with Crippen LogP contribution in [0.25, 0.3) is 0 Å². The van der Waals surface area contributed by atoms with Crippen molar-refractivity contribution in [2.45, 2.75) is 33.1 Å². The molecule has 1 heterocycles. The fourth-order valence-electron chi connectivity index (χ4n) is 2.89. The van der Waals surface area contributed by atoms with Gasteiger partial charge < -0.3 is 14.8 Å². The van der Waals surface area contributed by atoms with Gasteiger partial charge in [-0.2, -0.15) is 5.10 Å². The van der Waals surface area contributed by atoms with E-state index in [9.17, 15) is 4.79 Å². The Morgan fingerprint density at radius 2 is 1.88 bits per heavy atom. The molecule has 0 bridgehead atoms. The van der Waals surface area contributed by atoms with E-state index in [-0.39, 0.29) is 5.91 Å². The highest BCUT2D eigenvalue weighted by molar-refractivity contribution is 5.76. The second-order valence-electron chi connectivity index (χ2n) is 6.06. The fraction of sp³-hybridized carbons (Fsp3) is 0.474. The van der Waals surface area contributed by atoms with Gasteiger partial charge in [-0.25, -0.2) is 0 Å². The van der Waals surface area contributed by atoms with E-state index in [1.54, 1.807) is 14.2 Å². The fourth-order valence-corrected chi connectivity index (χ4v) is 2.89. The minimum atomic E-state index is 0.0585. The molecule has 6 heteroatoms. The van der Waals surface area contributed by atoms with Crippen molar-refractivity contribution in [3.8, 4) is 11.5 Å². The molecule has 0 aliphatic carbocycles. The van der Waals surface area contributed by atoms with Crippen molar-refractivity contribution >= 4 is 5.91 Å². The Morgan fingerprint density at radius 3 is 2.48 bits per heavy atom. The van der Waals surface area contributed by atoms with E-state index in [2.05, 4.69) is 10.4 Å². The van der Waals surface area contributed by atoms with Crippen LogP contribution in [0, 0.1) is 13.8 Å². The van der Waals surface area contributed by atoms with Gasteiger partial charge in [-0.1, -0.05) is 6.07 Å². The lowest BCUT2D eigenvalue weighted by Crippen LogP contribution is -2.26. The predicted octanol–water partition coefficient (Wildman–Crippen LogP) is 2.35. The third kappa shape index (κ3) is 4.75. The van der Waals surface area contributed by atoms with E-state index in [0.717, 1.165) is 28.9 Å². The van der Waals surface area contributed by atoms with Crippen molar-refractivity contribution in [3.63, 3.8) is 0 Å². The summed E-state index contributed by atoms with van der Waals surface area (Å²) < 4.78 is 12.4. The first kappa shape index (κ1) is 18.8. The number of aryl methyl sites for hydroxylation is 2. The molecule has 1 aromatic heterocycles. The summed E-state index contributed by atoms with van der Waals surface area (Å²) in [5, 5.41) is 7.36. The highest BCUT2D eigenvalue weighted by Crippen LogP contribution is 2.27. The van der Waals surface area contributed by atoms with Crippen LogP contribution in [0.4, 0.5) is 0 Å². The van der Waals surface area contributed by atoms with Crippen LogP contribution >= 0.6 is 0 Å². The van der Waals surface area contributed by atoms with E-state index in [1.165, 1.54) is 0 Å². The third-order valence-corrected chi connectivity index (χ3v) is 4.44. The third-order valence-electron chi connectivity index (χ3n) is 4.44. The number of hydrogen-bond acceptors (Lipinski definition) is 4. The van der Waals surface area contributed by atoms with Crippen molar-refractivity contribution < 1.29 is 14.3 Å². The molecule has 0 radical (unpaired) electrons. The first-order chi connectivity index (χ1) is 12.0. The predicted molar refractivity (Wildman–Crippen MR) is 97.3 cm³/mol. The number of hydrogen-bond donors (Lipinski definition) is 1. The largest absolute Gasteiger partial charge is 0.493 e.